The minimum atomic E-state index is 0.401. The summed E-state index contributed by atoms with van der Waals surface area (Å²) in [6, 6.07) is 5.42. The van der Waals surface area contributed by atoms with E-state index in [0.717, 1.165) is 17.8 Å². The van der Waals surface area contributed by atoms with Crippen LogP contribution in [0.2, 0.25) is 0 Å². The van der Waals surface area contributed by atoms with Crippen molar-refractivity contribution < 1.29 is 4.74 Å². The van der Waals surface area contributed by atoms with Gasteiger partial charge in [-0.2, -0.15) is 0 Å². The summed E-state index contributed by atoms with van der Waals surface area (Å²) in [4.78, 5) is 6.68. The summed E-state index contributed by atoms with van der Waals surface area (Å²) in [5.74, 6) is 0.967. The van der Waals surface area contributed by atoms with Crippen molar-refractivity contribution in [2.24, 2.45) is 0 Å². The van der Waals surface area contributed by atoms with Gasteiger partial charge in [-0.1, -0.05) is 6.92 Å². The zero-order chi connectivity index (χ0) is 11.7. The van der Waals surface area contributed by atoms with E-state index >= 15 is 0 Å². The zero-order valence-electron chi connectivity index (χ0n) is 10.4. The summed E-state index contributed by atoms with van der Waals surface area (Å²) in [7, 11) is 0. The molecular weight excluding hydrogens is 212 g/mol. The summed E-state index contributed by atoms with van der Waals surface area (Å²) in [6.07, 6.45) is 9.08. The van der Waals surface area contributed by atoms with Crippen LogP contribution in [-0.4, -0.2) is 34.6 Å². The maximum absolute atomic E-state index is 6.06. The molecule has 0 saturated carbocycles. The maximum Gasteiger partial charge on any atom is 0.122 e. The highest BCUT2D eigenvalue weighted by atomic mass is 16.5. The van der Waals surface area contributed by atoms with Crippen molar-refractivity contribution >= 4 is 0 Å². The first-order valence-corrected chi connectivity index (χ1v) is 6.69. The molecule has 2 aliphatic rings. The SMILES string of the molecule is CCN1C2CCC1CC(Oc1ccncc1)C2. The van der Waals surface area contributed by atoms with E-state index in [0.29, 0.717) is 6.10 Å². The Hall–Kier alpha value is -1.09. The molecular formula is C14H20N2O. The van der Waals surface area contributed by atoms with Gasteiger partial charge >= 0.3 is 0 Å². The number of hydrogen-bond donors (Lipinski definition) is 0. The van der Waals surface area contributed by atoms with E-state index in [2.05, 4.69) is 16.8 Å². The van der Waals surface area contributed by atoms with Gasteiger partial charge in [-0.05, 0) is 44.4 Å². The second kappa shape index (κ2) is 4.65. The number of hydrogen-bond acceptors (Lipinski definition) is 3. The summed E-state index contributed by atoms with van der Waals surface area (Å²) in [5, 5.41) is 0. The Kier molecular flexibility index (Phi) is 3.02. The molecule has 2 atom stereocenters. The third kappa shape index (κ3) is 2.16. The van der Waals surface area contributed by atoms with Gasteiger partial charge in [0.2, 0.25) is 0 Å². The minimum Gasteiger partial charge on any atom is -0.490 e. The average molecular weight is 232 g/mol. The average Bonchev–Trinajstić information content (AvgIpc) is 2.61. The Morgan fingerprint density at radius 2 is 1.88 bits per heavy atom. The van der Waals surface area contributed by atoms with Crippen molar-refractivity contribution in [2.75, 3.05) is 6.54 Å². The molecule has 0 radical (unpaired) electrons. The molecule has 2 saturated heterocycles. The van der Waals surface area contributed by atoms with Crippen molar-refractivity contribution in [2.45, 2.75) is 50.8 Å². The van der Waals surface area contributed by atoms with Crippen LogP contribution < -0.4 is 4.74 Å². The number of aromatic nitrogens is 1. The van der Waals surface area contributed by atoms with Gasteiger partial charge in [-0.15, -0.1) is 0 Å². The fourth-order valence-corrected chi connectivity index (χ4v) is 3.45. The van der Waals surface area contributed by atoms with Crippen molar-refractivity contribution in [3.63, 3.8) is 0 Å². The Labute approximate surface area is 103 Å². The Morgan fingerprint density at radius 1 is 1.24 bits per heavy atom. The second-order valence-electron chi connectivity index (χ2n) is 5.11. The van der Waals surface area contributed by atoms with Gasteiger partial charge in [-0.3, -0.25) is 9.88 Å². The van der Waals surface area contributed by atoms with Crippen LogP contribution in [0.3, 0.4) is 0 Å². The summed E-state index contributed by atoms with van der Waals surface area (Å²) in [5.41, 5.74) is 0. The molecule has 3 heteroatoms. The number of piperidine rings is 1. The molecule has 2 fully saturated rings. The molecule has 0 spiro atoms. The minimum absolute atomic E-state index is 0.401. The first kappa shape index (κ1) is 11.0. The number of ether oxygens (including phenoxy) is 1. The molecule has 0 aliphatic carbocycles. The lowest BCUT2D eigenvalue weighted by Crippen LogP contribution is -2.46. The van der Waals surface area contributed by atoms with E-state index < -0.39 is 0 Å². The molecule has 3 rings (SSSR count). The van der Waals surface area contributed by atoms with Crippen LogP contribution in [0.15, 0.2) is 24.5 Å². The Bertz CT molecular complexity index is 354. The van der Waals surface area contributed by atoms with Crippen LogP contribution in [0, 0.1) is 0 Å². The monoisotopic (exact) mass is 232 g/mol. The predicted octanol–water partition coefficient (Wildman–Crippen LogP) is 2.48. The number of nitrogens with zero attached hydrogens (tertiary/aromatic N) is 2. The smallest absolute Gasteiger partial charge is 0.122 e. The van der Waals surface area contributed by atoms with E-state index in [-0.39, 0.29) is 0 Å². The highest BCUT2D eigenvalue weighted by Gasteiger charge is 2.40. The van der Waals surface area contributed by atoms with Gasteiger partial charge in [-0.25, -0.2) is 0 Å². The first-order chi connectivity index (χ1) is 8.36. The van der Waals surface area contributed by atoms with Crippen molar-refractivity contribution in [3.05, 3.63) is 24.5 Å². The number of pyridine rings is 1. The maximum atomic E-state index is 6.06. The lowest BCUT2D eigenvalue weighted by molar-refractivity contribution is 0.0530. The lowest BCUT2D eigenvalue weighted by atomic mass is 10.00. The Morgan fingerprint density at radius 3 is 2.47 bits per heavy atom. The lowest BCUT2D eigenvalue weighted by Gasteiger charge is -2.38. The standard InChI is InChI=1S/C14H20N2O/c1-2-16-11-3-4-12(16)10-14(9-11)17-13-5-7-15-8-6-13/h5-8,11-12,14H,2-4,9-10H2,1H3. The molecule has 1 aromatic heterocycles. The molecule has 92 valence electrons. The predicted molar refractivity (Wildman–Crippen MR) is 67.1 cm³/mol. The van der Waals surface area contributed by atoms with Crippen molar-refractivity contribution in [1.82, 2.24) is 9.88 Å². The molecule has 1 aromatic rings. The zero-order valence-corrected chi connectivity index (χ0v) is 10.4. The molecule has 2 aliphatic heterocycles. The molecule has 0 N–H and O–H groups in total. The molecule has 2 unspecified atom stereocenters. The summed E-state index contributed by atoms with van der Waals surface area (Å²) < 4.78 is 6.06. The molecule has 0 amide bonds. The molecule has 0 aromatic carbocycles. The van der Waals surface area contributed by atoms with Crippen molar-refractivity contribution in [1.29, 1.82) is 0 Å². The second-order valence-corrected chi connectivity index (χ2v) is 5.11. The Balaban J connectivity index is 1.65. The fraction of sp³-hybridized carbons (Fsp3) is 0.643. The van der Waals surface area contributed by atoms with Crippen LogP contribution in [0.25, 0.3) is 0 Å². The fourth-order valence-electron chi connectivity index (χ4n) is 3.45. The number of rotatable bonds is 3. The molecule has 3 nitrogen and oxygen atoms in total. The van der Waals surface area contributed by atoms with Crippen LogP contribution in [0.1, 0.15) is 32.6 Å². The number of fused-ring (bicyclic) bond motifs is 2. The van der Waals surface area contributed by atoms with E-state index in [4.69, 9.17) is 4.74 Å². The highest BCUT2D eigenvalue weighted by Crippen LogP contribution is 2.36. The third-order valence-corrected chi connectivity index (χ3v) is 4.16. The van der Waals surface area contributed by atoms with Crippen molar-refractivity contribution in [3.8, 4) is 5.75 Å². The van der Waals surface area contributed by atoms with Gasteiger partial charge in [0.15, 0.2) is 0 Å². The molecule has 3 heterocycles. The van der Waals surface area contributed by atoms with Gasteiger partial charge in [0.05, 0.1) is 0 Å². The van der Waals surface area contributed by atoms with Crippen LogP contribution in [-0.2, 0) is 0 Å². The topological polar surface area (TPSA) is 25.4 Å². The van der Waals surface area contributed by atoms with E-state index in [1.165, 1.54) is 32.2 Å². The van der Waals surface area contributed by atoms with Gasteiger partial charge in [0.25, 0.3) is 0 Å². The third-order valence-electron chi connectivity index (χ3n) is 4.16. The van der Waals surface area contributed by atoms with Crippen LogP contribution >= 0.6 is 0 Å². The van der Waals surface area contributed by atoms with Gasteiger partial charge in [0.1, 0.15) is 11.9 Å². The van der Waals surface area contributed by atoms with Crippen LogP contribution in [0.5, 0.6) is 5.75 Å². The summed E-state index contributed by atoms with van der Waals surface area (Å²) in [6.45, 7) is 3.46. The van der Waals surface area contributed by atoms with E-state index in [1.54, 1.807) is 12.4 Å². The first-order valence-electron chi connectivity index (χ1n) is 6.69. The molecule has 17 heavy (non-hydrogen) atoms. The largest absolute Gasteiger partial charge is 0.490 e. The summed E-state index contributed by atoms with van der Waals surface area (Å²) >= 11 is 0. The van der Waals surface area contributed by atoms with Crippen LogP contribution in [0.4, 0.5) is 0 Å². The van der Waals surface area contributed by atoms with E-state index in [9.17, 15) is 0 Å². The van der Waals surface area contributed by atoms with Gasteiger partial charge in [0, 0.05) is 24.5 Å². The highest BCUT2D eigenvalue weighted by molar-refractivity contribution is 5.17. The van der Waals surface area contributed by atoms with E-state index in [1.807, 2.05) is 12.1 Å². The van der Waals surface area contributed by atoms with Gasteiger partial charge < -0.3 is 4.74 Å². The quantitative estimate of drug-likeness (QED) is 0.800. The normalized spacial score (nSPS) is 32.6. The molecule has 2 bridgehead atoms.